The average molecular weight is 288 g/mol. The van der Waals surface area contributed by atoms with E-state index in [0.29, 0.717) is 25.9 Å². The first-order valence-electron chi connectivity index (χ1n) is 7.46. The van der Waals surface area contributed by atoms with Gasteiger partial charge in [-0.05, 0) is 25.0 Å². The number of rotatable bonds is 3. The number of carbonyl (C=O) groups is 2. The Bertz CT molecular complexity index is 532. The highest BCUT2D eigenvalue weighted by Gasteiger charge is 2.53. The number of piperazine rings is 1. The van der Waals surface area contributed by atoms with Gasteiger partial charge in [-0.15, -0.1) is 0 Å². The third-order valence-electron chi connectivity index (χ3n) is 4.71. The van der Waals surface area contributed by atoms with Crippen LogP contribution in [0.15, 0.2) is 30.3 Å². The van der Waals surface area contributed by atoms with Crippen LogP contribution in [0.5, 0.6) is 0 Å². The van der Waals surface area contributed by atoms with Crippen LogP contribution in [-0.4, -0.2) is 48.1 Å². The Morgan fingerprint density at radius 2 is 1.62 bits per heavy atom. The molecule has 1 N–H and O–H groups in total. The summed E-state index contributed by atoms with van der Waals surface area (Å²) in [7, 11) is 0. The second-order valence-corrected chi connectivity index (χ2v) is 5.86. The van der Waals surface area contributed by atoms with Crippen LogP contribution in [0.1, 0.15) is 19.3 Å². The maximum atomic E-state index is 12.5. The number of benzene rings is 1. The Labute approximate surface area is 124 Å². The smallest absolute Gasteiger partial charge is 0.319 e. The van der Waals surface area contributed by atoms with E-state index in [0.717, 1.165) is 25.2 Å². The summed E-state index contributed by atoms with van der Waals surface area (Å²) >= 11 is 0. The lowest BCUT2D eigenvalue weighted by Gasteiger charge is -2.43. The predicted molar refractivity (Wildman–Crippen MR) is 79.2 cm³/mol. The van der Waals surface area contributed by atoms with Crippen molar-refractivity contribution in [1.82, 2.24) is 4.90 Å². The van der Waals surface area contributed by atoms with Crippen molar-refractivity contribution in [1.29, 1.82) is 0 Å². The van der Waals surface area contributed by atoms with Crippen molar-refractivity contribution in [3.8, 4) is 0 Å². The lowest BCUT2D eigenvalue weighted by atomic mass is 9.67. The van der Waals surface area contributed by atoms with Crippen molar-refractivity contribution in [3.05, 3.63) is 30.3 Å². The summed E-state index contributed by atoms with van der Waals surface area (Å²) in [5, 5.41) is 9.36. The van der Waals surface area contributed by atoms with Crippen molar-refractivity contribution in [2.75, 3.05) is 31.1 Å². The SMILES string of the molecule is O=C(O)C1(C(=O)N2CCN(c3ccccc3)CC2)CCC1. The standard InChI is InChI=1S/C16H20N2O3/c19-14(16(15(20)21)7-4-8-16)18-11-9-17(10-12-18)13-5-2-1-3-6-13/h1-3,5-6H,4,7-12H2,(H,20,21). The van der Waals surface area contributed by atoms with E-state index in [1.54, 1.807) is 4.90 Å². The summed E-state index contributed by atoms with van der Waals surface area (Å²) in [4.78, 5) is 27.9. The van der Waals surface area contributed by atoms with Gasteiger partial charge in [-0.3, -0.25) is 9.59 Å². The van der Waals surface area contributed by atoms with Gasteiger partial charge in [0.2, 0.25) is 5.91 Å². The van der Waals surface area contributed by atoms with E-state index >= 15 is 0 Å². The number of anilines is 1. The van der Waals surface area contributed by atoms with Crippen LogP contribution in [0.25, 0.3) is 0 Å². The minimum absolute atomic E-state index is 0.186. The van der Waals surface area contributed by atoms with Crippen molar-refractivity contribution in [2.24, 2.45) is 5.41 Å². The van der Waals surface area contributed by atoms with Gasteiger partial charge in [0.1, 0.15) is 5.41 Å². The number of hydrogen-bond donors (Lipinski definition) is 1. The van der Waals surface area contributed by atoms with Crippen LogP contribution >= 0.6 is 0 Å². The molecule has 1 amide bonds. The Morgan fingerprint density at radius 3 is 2.10 bits per heavy atom. The summed E-state index contributed by atoms with van der Waals surface area (Å²) in [6, 6.07) is 10.1. The molecule has 0 aromatic heterocycles. The monoisotopic (exact) mass is 288 g/mol. The van der Waals surface area contributed by atoms with Crippen molar-refractivity contribution in [2.45, 2.75) is 19.3 Å². The van der Waals surface area contributed by atoms with Gasteiger partial charge in [-0.2, -0.15) is 0 Å². The number of carboxylic acid groups (broad SMARTS) is 1. The molecule has 5 heteroatoms. The van der Waals surface area contributed by atoms with Crippen LogP contribution in [0.2, 0.25) is 0 Å². The van der Waals surface area contributed by atoms with Crippen LogP contribution in [-0.2, 0) is 9.59 Å². The van der Waals surface area contributed by atoms with E-state index in [-0.39, 0.29) is 5.91 Å². The molecule has 0 atom stereocenters. The van der Waals surface area contributed by atoms with E-state index in [4.69, 9.17) is 0 Å². The summed E-state index contributed by atoms with van der Waals surface area (Å²) in [6.07, 6.45) is 1.81. The molecule has 1 heterocycles. The topological polar surface area (TPSA) is 60.9 Å². The molecule has 1 aliphatic carbocycles. The molecular weight excluding hydrogens is 268 g/mol. The number of carboxylic acids is 1. The zero-order valence-corrected chi connectivity index (χ0v) is 12.0. The quantitative estimate of drug-likeness (QED) is 0.858. The number of amides is 1. The van der Waals surface area contributed by atoms with Gasteiger partial charge in [0.25, 0.3) is 0 Å². The molecule has 1 saturated heterocycles. The Morgan fingerprint density at radius 1 is 1.00 bits per heavy atom. The fourth-order valence-corrected chi connectivity index (χ4v) is 3.16. The van der Waals surface area contributed by atoms with Crippen LogP contribution in [0.4, 0.5) is 5.69 Å². The highest BCUT2D eigenvalue weighted by Crippen LogP contribution is 2.43. The van der Waals surface area contributed by atoms with Crippen LogP contribution < -0.4 is 4.90 Å². The van der Waals surface area contributed by atoms with Gasteiger partial charge in [0, 0.05) is 31.9 Å². The van der Waals surface area contributed by atoms with Crippen molar-refractivity contribution < 1.29 is 14.7 Å². The molecule has 0 spiro atoms. The van der Waals surface area contributed by atoms with E-state index < -0.39 is 11.4 Å². The number of para-hydroxylation sites is 1. The Hall–Kier alpha value is -2.04. The molecule has 21 heavy (non-hydrogen) atoms. The van der Waals surface area contributed by atoms with E-state index in [1.807, 2.05) is 18.2 Å². The normalized spacial score (nSPS) is 20.8. The van der Waals surface area contributed by atoms with E-state index in [2.05, 4.69) is 17.0 Å². The fraction of sp³-hybridized carbons (Fsp3) is 0.500. The molecule has 1 aromatic rings. The van der Waals surface area contributed by atoms with Crippen LogP contribution in [0, 0.1) is 5.41 Å². The van der Waals surface area contributed by atoms with E-state index in [1.165, 1.54) is 0 Å². The summed E-state index contributed by atoms with van der Waals surface area (Å²) in [5.74, 6) is -1.14. The first kappa shape index (κ1) is 13.9. The summed E-state index contributed by atoms with van der Waals surface area (Å²) in [6.45, 7) is 2.71. The lowest BCUT2D eigenvalue weighted by molar-refractivity contribution is -0.167. The molecule has 3 rings (SSSR count). The molecule has 1 aromatic carbocycles. The average Bonchev–Trinajstić information content (AvgIpc) is 2.47. The predicted octanol–water partition coefficient (Wildman–Crippen LogP) is 1.59. The summed E-state index contributed by atoms with van der Waals surface area (Å²) in [5.41, 5.74) is 0.0238. The highest BCUT2D eigenvalue weighted by molar-refractivity contribution is 6.02. The number of nitrogens with zero attached hydrogens (tertiary/aromatic N) is 2. The van der Waals surface area contributed by atoms with Gasteiger partial charge in [0.05, 0.1) is 0 Å². The minimum atomic E-state index is -1.13. The largest absolute Gasteiger partial charge is 0.480 e. The van der Waals surface area contributed by atoms with Gasteiger partial charge in [-0.25, -0.2) is 0 Å². The van der Waals surface area contributed by atoms with Crippen molar-refractivity contribution in [3.63, 3.8) is 0 Å². The Balaban J connectivity index is 1.63. The maximum Gasteiger partial charge on any atom is 0.319 e. The molecule has 0 radical (unpaired) electrons. The minimum Gasteiger partial charge on any atom is -0.480 e. The van der Waals surface area contributed by atoms with Crippen LogP contribution in [0.3, 0.4) is 0 Å². The molecule has 1 aliphatic heterocycles. The fourth-order valence-electron chi connectivity index (χ4n) is 3.16. The first-order chi connectivity index (χ1) is 10.1. The molecular formula is C16H20N2O3. The zero-order valence-electron chi connectivity index (χ0n) is 12.0. The zero-order chi connectivity index (χ0) is 14.9. The van der Waals surface area contributed by atoms with Gasteiger partial charge >= 0.3 is 5.97 Å². The third-order valence-corrected chi connectivity index (χ3v) is 4.71. The second kappa shape index (κ2) is 5.39. The molecule has 2 aliphatic rings. The first-order valence-corrected chi connectivity index (χ1v) is 7.46. The molecule has 112 valence electrons. The second-order valence-electron chi connectivity index (χ2n) is 5.86. The molecule has 2 fully saturated rings. The van der Waals surface area contributed by atoms with Gasteiger partial charge < -0.3 is 14.9 Å². The Kier molecular flexibility index (Phi) is 3.57. The van der Waals surface area contributed by atoms with E-state index in [9.17, 15) is 14.7 Å². The maximum absolute atomic E-state index is 12.5. The highest BCUT2D eigenvalue weighted by atomic mass is 16.4. The molecule has 1 saturated carbocycles. The van der Waals surface area contributed by atoms with Gasteiger partial charge in [0.15, 0.2) is 0 Å². The lowest BCUT2D eigenvalue weighted by Crippen LogP contribution is -2.57. The molecule has 0 unspecified atom stereocenters. The third kappa shape index (κ3) is 2.37. The summed E-state index contributed by atoms with van der Waals surface area (Å²) < 4.78 is 0. The number of aliphatic carboxylic acids is 1. The molecule has 0 bridgehead atoms. The van der Waals surface area contributed by atoms with Gasteiger partial charge in [-0.1, -0.05) is 24.6 Å². The molecule has 5 nitrogen and oxygen atoms in total. The number of carbonyl (C=O) groups excluding carboxylic acids is 1. The van der Waals surface area contributed by atoms with Crippen molar-refractivity contribution >= 4 is 17.6 Å². The number of hydrogen-bond acceptors (Lipinski definition) is 3.